The molecular formula is C13H30Si. The lowest BCUT2D eigenvalue weighted by Gasteiger charge is -2.36. The van der Waals surface area contributed by atoms with Crippen molar-refractivity contribution in [1.82, 2.24) is 0 Å². The molecule has 1 heteroatoms. The van der Waals surface area contributed by atoms with E-state index in [2.05, 4.69) is 54.6 Å². The monoisotopic (exact) mass is 214 g/mol. The van der Waals surface area contributed by atoms with E-state index in [4.69, 9.17) is 0 Å². The Labute approximate surface area is 93.1 Å². The highest BCUT2D eigenvalue weighted by atomic mass is 28.3. The molecule has 0 radical (unpaired) electrons. The van der Waals surface area contributed by atoms with Crippen LogP contribution in [0.1, 0.15) is 48.0 Å². The van der Waals surface area contributed by atoms with Crippen LogP contribution in [0, 0.1) is 16.7 Å². The summed E-state index contributed by atoms with van der Waals surface area (Å²) < 4.78 is 0. The first-order valence-electron chi connectivity index (χ1n) is 6.02. The van der Waals surface area contributed by atoms with Crippen LogP contribution < -0.4 is 0 Å². The second-order valence-electron chi connectivity index (χ2n) is 7.46. The second kappa shape index (κ2) is 4.83. The molecule has 0 amide bonds. The summed E-state index contributed by atoms with van der Waals surface area (Å²) in [6.07, 6.45) is 1.38. The van der Waals surface area contributed by atoms with Crippen LogP contribution in [0.25, 0.3) is 0 Å². The number of hydrogen-bond donors (Lipinski definition) is 0. The smallest absolute Gasteiger partial charge is 0.0308 e. The van der Waals surface area contributed by atoms with Crippen LogP contribution in [0.3, 0.4) is 0 Å². The summed E-state index contributed by atoms with van der Waals surface area (Å²) in [5.74, 6) is 0.911. The van der Waals surface area contributed by atoms with Gasteiger partial charge in [0.25, 0.3) is 0 Å². The van der Waals surface area contributed by atoms with Gasteiger partial charge in [0.05, 0.1) is 0 Å². The van der Waals surface area contributed by atoms with Crippen molar-refractivity contribution in [3.63, 3.8) is 0 Å². The molecule has 0 saturated carbocycles. The standard InChI is InChI=1S/C13H30Si/c1-12(2,3)9-11(10-14(7)8)13(4,5)6/h11,14H,9-10H2,1-8H3. The molecule has 0 aromatic heterocycles. The van der Waals surface area contributed by atoms with E-state index in [9.17, 15) is 0 Å². The maximum absolute atomic E-state index is 2.47. The minimum Gasteiger partial charge on any atom is -0.0722 e. The van der Waals surface area contributed by atoms with Crippen LogP contribution in [0.2, 0.25) is 19.1 Å². The lowest BCUT2D eigenvalue weighted by Crippen LogP contribution is -2.28. The molecule has 0 saturated heterocycles. The summed E-state index contributed by atoms with van der Waals surface area (Å²) in [5, 5.41) is 0. The Hall–Kier alpha value is 0.217. The molecule has 0 aromatic carbocycles. The summed E-state index contributed by atoms with van der Waals surface area (Å²) >= 11 is 0. The zero-order chi connectivity index (χ0) is 11.6. The molecule has 0 rings (SSSR count). The van der Waals surface area contributed by atoms with Crippen LogP contribution in [0.4, 0.5) is 0 Å². The average Bonchev–Trinajstić information content (AvgIpc) is 1.78. The van der Waals surface area contributed by atoms with Crippen LogP contribution in [-0.2, 0) is 0 Å². The Morgan fingerprint density at radius 3 is 1.57 bits per heavy atom. The molecule has 0 N–H and O–H groups in total. The maximum atomic E-state index is 2.47. The molecule has 0 aliphatic carbocycles. The van der Waals surface area contributed by atoms with Crippen LogP contribution >= 0.6 is 0 Å². The van der Waals surface area contributed by atoms with Crippen molar-refractivity contribution in [3.05, 3.63) is 0 Å². The van der Waals surface area contributed by atoms with Gasteiger partial charge < -0.3 is 0 Å². The van der Waals surface area contributed by atoms with Gasteiger partial charge in [0, 0.05) is 8.80 Å². The van der Waals surface area contributed by atoms with Crippen molar-refractivity contribution < 1.29 is 0 Å². The second-order valence-corrected chi connectivity index (χ2v) is 10.7. The molecule has 0 aliphatic heterocycles. The normalized spacial score (nSPS) is 16.1. The molecule has 1 atom stereocenters. The van der Waals surface area contributed by atoms with Crippen LogP contribution in [-0.4, -0.2) is 8.80 Å². The van der Waals surface area contributed by atoms with Gasteiger partial charge in [0.2, 0.25) is 0 Å². The molecular weight excluding hydrogens is 184 g/mol. The molecule has 0 bridgehead atoms. The first-order valence-corrected chi connectivity index (χ1v) is 9.15. The predicted molar refractivity (Wildman–Crippen MR) is 70.7 cm³/mol. The Bertz CT molecular complexity index is 157. The summed E-state index contributed by atoms with van der Waals surface area (Å²) in [6.45, 7) is 19.3. The zero-order valence-corrected chi connectivity index (χ0v) is 12.7. The minimum atomic E-state index is -0.418. The zero-order valence-electron chi connectivity index (χ0n) is 11.6. The molecule has 0 aliphatic rings. The highest BCUT2D eigenvalue weighted by Crippen LogP contribution is 2.38. The van der Waals surface area contributed by atoms with Gasteiger partial charge >= 0.3 is 0 Å². The summed E-state index contributed by atoms with van der Waals surface area (Å²) in [4.78, 5) is 0. The topological polar surface area (TPSA) is 0 Å². The Morgan fingerprint density at radius 1 is 0.929 bits per heavy atom. The van der Waals surface area contributed by atoms with E-state index in [1.807, 2.05) is 0 Å². The van der Waals surface area contributed by atoms with Gasteiger partial charge in [-0.3, -0.25) is 0 Å². The molecule has 86 valence electrons. The SMILES string of the molecule is C[SiH](C)CC(CC(C)(C)C)C(C)(C)C. The maximum Gasteiger partial charge on any atom is 0.0308 e. The first kappa shape index (κ1) is 14.2. The van der Waals surface area contributed by atoms with E-state index in [1.165, 1.54) is 12.5 Å². The fourth-order valence-corrected chi connectivity index (χ4v) is 4.06. The van der Waals surface area contributed by atoms with E-state index >= 15 is 0 Å². The van der Waals surface area contributed by atoms with Gasteiger partial charge in [-0.2, -0.15) is 0 Å². The van der Waals surface area contributed by atoms with Gasteiger partial charge in [-0.15, -0.1) is 0 Å². The lowest BCUT2D eigenvalue weighted by atomic mass is 9.73. The summed E-state index contributed by atoms with van der Waals surface area (Å²) in [6, 6.07) is 1.50. The van der Waals surface area contributed by atoms with E-state index in [1.54, 1.807) is 0 Å². The van der Waals surface area contributed by atoms with Gasteiger partial charge in [-0.1, -0.05) is 60.7 Å². The Morgan fingerprint density at radius 2 is 1.36 bits per heavy atom. The summed E-state index contributed by atoms with van der Waals surface area (Å²) in [5.41, 5.74) is 0.978. The molecule has 0 fully saturated rings. The van der Waals surface area contributed by atoms with Crippen molar-refractivity contribution >= 4 is 8.80 Å². The van der Waals surface area contributed by atoms with Gasteiger partial charge in [0.1, 0.15) is 0 Å². The van der Waals surface area contributed by atoms with Crippen LogP contribution in [0.15, 0.2) is 0 Å². The van der Waals surface area contributed by atoms with Crippen molar-refractivity contribution in [2.45, 2.75) is 67.1 Å². The molecule has 1 unspecified atom stereocenters. The molecule has 0 nitrogen and oxygen atoms in total. The molecule has 0 aromatic rings. The third-order valence-electron chi connectivity index (χ3n) is 2.84. The van der Waals surface area contributed by atoms with E-state index in [0.717, 1.165) is 5.92 Å². The van der Waals surface area contributed by atoms with E-state index in [-0.39, 0.29) is 0 Å². The van der Waals surface area contributed by atoms with E-state index < -0.39 is 8.80 Å². The first-order chi connectivity index (χ1) is 6.02. The summed E-state index contributed by atoms with van der Waals surface area (Å²) in [7, 11) is -0.418. The van der Waals surface area contributed by atoms with Gasteiger partial charge in [-0.25, -0.2) is 0 Å². The highest BCUT2D eigenvalue weighted by molar-refractivity contribution is 6.55. The third-order valence-corrected chi connectivity index (χ3v) is 4.35. The van der Waals surface area contributed by atoms with Crippen molar-refractivity contribution in [2.24, 2.45) is 16.7 Å². The predicted octanol–water partition coefficient (Wildman–Crippen LogP) is 4.57. The fraction of sp³-hybridized carbons (Fsp3) is 1.00. The number of rotatable bonds is 3. The van der Waals surface area contributed by atoms with E-state index in [0.29, 0.717) is 10.8 Å². The largest absolute Gasteiger partial charge is 0.0722 e. The van der Waals surface area contributed by atoms with Gasteiger partial charge in [0.15, 0.2) is 0 Å². The highest BCUT2D eigenvalue weighted by Gasteiger charge is 2.29. The molecule has 14 heavy (non-hydrogen) atoms. The lowest BCUT2D eigenvalue weighted by molar-refractivity contribution is 0.181. The van der Waals surface area contributed by atoms with Crippen molar-refractivity contribution in [3.8, 4) is 0 Å². The Kier molecular flexibility index (Phi) is 4.90. The number of hydrogen-bond acceptors (Lipinski definition) is 0. The van der Waals surface area contributed by atoms with Gasteiger partial charge in [-0.05, 0) is 23.2 Å². The van der Waals surface area contributed by atoms with Crippen molar-refractivity contribution in [1.29, 1.82) is 0 Å². The Balaban J connectivity index is 4.42. The third kappa shape index (κ3) is 6.64. The molecule has 0 spiro atoms. The minimum absolute atomic E-state index is 0.418. The van der Waals surface area contributed by atoms with Crippen LogP contribution in [0.5, 0.6) is 0 Å². The average molecular weight is 214 g/mol. The van der Waals surface area contributed by atoms with Crippen molar-refractivity contribution in [2.75, 3.05) is 0 Å². The quantitative estimate of drug-likeness (QED) is 0.604. The fourth-order valence-electron chi connectivity index (χ4n) is 2.05. The molecule has 0 heterocycles.